The predicted molar refractivity (Wildman–Crippen MR) is 64.8 cm³/mol. The molecule has 0 bridgehead atoms. The van der Waals surface area contributed by atoms with Gasteiger partial charge in [0.1, 0.15) is 0 Å². The molecule has 0 atom stereocenters. The van der Waals surface area contributed by atoms with E-state index in [4.69, 9.17) is 0 Å². The Morgan fingerprint density at radius 3 is 1.62 bits per heavy atom. The highest BCUT2D eigenvalue weighted by Crippen LogP contribution is 2.30. The van der Waals surface area contributed by atoms with Crippen LogP contribution in [-0.4, -0.2) is 11.6 Å². The molecular weight excluding hydrogens is 200 g/mol. The zero-order chi connectivity index (χ0) is 12.3. The Labute approximate surface area is 96.7 Å². The van der Waals surface area contributed by atoms with Crippen molar-refractivity contribution in [3.05, 3.63) is 35.4 Å². The third-order valence-corrected chi connectivity index (χ3v) is 2.69. The van der Waals surface area contributed by atoms with E-state index >= 15 is 0 Å². The molecule has 0 fully saturated rings. The summed E-state index contributed by atoms with van der Waals surface area (Å²) in [7, 11) is 0. The van der Waals surface area contributed by atoms with Crippen molar-refractivity contribution in [1.82, 2.24) is 0 Å². The van der Waals surface area contributed by atoms with Gasteiger partial charge < -0.3 is 0 Å². The van der Waals surface area contributed by atoms with E-state index in [-0.39, 0.29) is 17.5 Å². The first-order valence-electron chi connectivity index (χ1n) is 5.80. The summed E-state index contributed by atoms with van der Waals surface area (Å²) >= 11 is 0. The third kappa shape index (κ3) is 1.92. The van der Waals surface area contributed by atoms with Crippen LogP contribution in [0.25, 0.3) is 0 Å². The van der Waals surface area contributed by atoms with Gasteiger partial charge >= 0.3 is 0 Å². The molecule has 0 amide bonds. The van der Waals surface area contributed by atoms with Crippen LogP contribution in [0.15, 0.2) is 24.3 Å². The minimum absolute atomic E-state index is 0.0133. The van der Waals surface area contributed by atoms with Crippen molar-refractivity contribution in [2.45, 2.75) is 27.7 Å². The Hall–Kier alpha value is -1.44. The Morgan fingerprint density at radius 1 is 0.938 bits per heavy atom. The minimum Gasteiger partial charge on any atom is -0.293 e. The molecule has 1 aliphatic carbocycles. The number of Topliss-reactive ketones (excluding diaryl/α,β-unsaturated/α-hetero) is 2. The topological polar surface area (TPSA) is 34.1 Å². The summed E-state index contributed by atoms with van der Waals surface area (Å²) in [6, 6.07) is 7.06. The van der Waals surface area contributed by atoms with E-state index in [1.54, 1.807) is 24.3 Å². The standard InChI is InChI=1S/C12H12O2.C2H6/c1-7(2)10-11(13)8-5-3-4-6-9(8)12(10)14;1-2/h3-7,10H,1-2H3;1-2H3. The molecule has 2 nitrogen and oxygen atoms in total. The Bertz CT molecular complexity index is 370. The summed E-state index contributed by atoms with van der Waals surface area (Å²) in [5, 5.41) is 0. The van der Waals surface area contributed by atoms with Gasteiger partial charge in [-0.25, -0.2) is 0 Å². The van der Waals surface area contributed by atoms with Gasteiger partial charge in [-0.2, -0.15) is 0 Å². The molecule has 1 aliphatic rings. The number of carbonyl (C=O) groups is 2. The lowest BCUT2D eigenvalue weighted by Crippen LogP contribution is -2.21. The number of rotatable bonds is 1. The Balaban J connectivity index is 0.000000606. The van der Waals surface area contributed by atoms with Gasteiger partial charge in [-0.05, 0) is 5.92 Å². The van der Waals surface area contributed by atoms with Crippen molar-refractivity contribution in [3.63, 3.8) is 0 Å². The Kier molecular flexibility index (Phi) is 3.99. The van der Waals surface area contributed by atoms with E-state index in [2.05, 4.69) is 0 Å². The van der Waals surface area contributed by atoms with Gasteiger partial charge in [0.15, 0.2) is 11.6 Å². The zero-order valence-corrected chi connectivity index (χ0v) is 10.3. The number of hydrogen-bond donors (Lipinski definition) is 0. The molecule has 0 heterocycles. The van der Waals surface area contributed by atoms with Gasteiger partial charge in [-0.1, -0.05) is 52.0 Å². The molecule has 0 radical (unpaired) electrons. The van der Waals surface area contributed by atoms with Crippen LogP contribution in [0.5, 0.6) is 0 Å². The third-order valence-electron chi connectivity index (χ3n) is 2.69. The fourth-order valence-electron chi connectivity index (χ4n) is 1.97. The number of fused-ring (bicyclic) bond motifs is 1. The van der Waals surface area contributed by atoms with Crippen LogP contribution in [0.3, 0.4) is 0 Å². The van der Waals surface area contributed by atoms with Gasteiger partial charge in [0.2, 0.25) is 0 Å². The maximum absolute atomic E-state index is 11.8. The van der Waals surface area contributed by atoms with Crippen LogP contribution < -0.4 is 0 Å². The summed E-state index contributed by atoms with van der Waals surface area (Å²) in [4.78, 5) is 23.7. The van der Waals surface area contributed by atoms with Crippen molar-refractivity contribution in [3.8, 4) is 0 Å². The lowest BCUT2D eigenvalue weighted by molar-refractivity contribution is 0.0800. The molecule has 2 heteroatoms. The van der Waals surface area contributed by atoms with Gasteiger partial charge in [-0.3, -0.25) is 9.59 Å². The molecule has 0 spiro atoms. The molecule has 1 aromatic carbocycles. The van der Waals surface area contributed by atoms with Crippen molar-refractivity contribution >= 4 is 11.6 Å². The summed E-state index contributed by atoms with van der Waals surface area (Å²) in [6.07, 6.45) is 0. The van der Waals surface area contributed by atoms with Crippen LogP contribution in [0.4, 0.5) is 0 Å². The van der Waals surface area contributed by atoms with E-state index in [0.717, 1.165) is 0 Å². The first-order valence-corrected chi connectivity index (χ1v) is 5.80. The monoisotopic (exact) mass is 218 g/mol. The minimum atomic E-state index is -0.451. The van der Waals surface area contributed by atoms with Crippen molar-refractivity contribution in [2.24, 2.45) is 11.8 Å². The molecule has 16 heavy (non-hydrogen) atoms. The highest BCUT2D eigenvalue weighted by Gasteiger charge is 2.39. The molecular formula is C14H18O2. The molecule has 1 aromatic rings. The van der Waals surface area contributed by atoms with E-state index < -0.39 is 5.92 Å². The van der Waals surface area contributed by atoms with Gasteiger partial charge in [0.25, 0.3) is 0 Å². The van der Waals surface area contributed by atoms with E-state index in [1.807, 2.05) is 27.7 Å². The average Bonchev–Trinajstić information content (AvgIpc) is 2.55. The van der Waals surface area contributed by atoms with E-state index in [9.17, 15) is 9.59 Å². The second-order valence-corrected chi connectivity index (χ2v) is 4.00. The summed E-state index contributed by atoms with van der Waals surface area (Å²) in [5.74, 6) is -0.393. The lowest BCUT2D eigenvalue weighted by atomic mass is 9.91. The van der Waals surface area contributed by atoms with Crippen molar-refractivity contribution in [2.75, 3.05) is 0 Å². The van der Waals surface area contributed by atoms with Crippen molar-refractivity contribution in [1.29, 1.82) is 0 Å². The average molecular weight is 218 g/mol. The Morgan fingerprint density at radius 2 is 1.31 bits per heavy atom. The summed E-state index contributed by atoms with van der Waals surface area (Å²) in [5.41, 5.74) is 1.19. The van der Waals surface area contributed by atoms with Crippen LogP contribution in [-0.2, 0) is 0 Å². The quantitative estimate of drug-likeness (QED) is 0.677. The second kappa shape index (κ2) is 5.06. The second-order valence-electron chi connectivity index (χ2n) is 4.00. The van der Waals surface area contributed by atoms with Gasteiger partial charge in [-0.15, -0.1) is 0 Å². The number of hydrogen-bond acceptors (Lipinski definition) is 2. The van der Waals surface area contributed by atoms with E-state index in [1.165, 1.54) is 0 Å². The number of ketones is 2. The SMILES string of the molecule is CC.CC(C)C1C(=O)c2ccccc2C1=O. The summed E-state index contributed by atoms with van der Waals surface area (Å²) in [6.45, 7) is 7.82. The van der Waals surface area contributed by atoms with Crippen LogP contribution in [0.1, 0.15) is 48.4 Å². The lowest BCUT2D eigenvalue weighted by Gasteiger charge is -2.09. The van der Waals surface area contributed by atoms with Gasteiger partial charge in [0.05, 0.1) is 5.92 Å². The molecule has 0 saturated carbocycles. The van der Waals surface area contributed by atoms with E-state index in [0.29, 0.717) is 11.1 Å². The first kappa shape index (κ1) is 12.6. The predicted octanol–water partition coefficient (Wildman–Crippen LogP) is 3.36. The zero-order valence-electron chi connectivity index (χ0n) is 10.3. The molecule has 0 aromatic heterocycles. The highest BCUT2D eigenvalue weighted by molar-refractivity contribution is 6.26. The summed E-state index contributed by atoms with van der Waals surface area (Å²) < 4.78 is 0. The molecule has 0 saturated heterocycles. The van der Waals surface area contributed by atoms with Crippen LogP contribution in [0.2, 0.25) is 0 Å². The van der Waals surface area contributed by atoms with Crippen molar-refractivity contribution < 1.29 is 9.59 Å². The van der Waals surface area contributed by atoms with Crippen LogP contribution in [0, 0.1) is 11.8 Å². The first-order chi connectivity index (χ1) is 7.63. The molecule has 0 aliphatic heterocycles. The maximum Gasteiger partial charge on any atom is 0.174 e. The molecule has 86 valence electrons. The highest BCUT2D eigenvalue weighted by atomic mass is 16.2. The van der Waals surface area contributed by atoms with Crippen LogP contribution >= 0.6 is 0 Å². The largest absolute Gasteiger partial charge is 0.293 e. The maximum atomic E-state index is 11.8. The fourth-order valence-corrected chi connectivity index (χ4v) is 1.97. The number of benzene rings is 1. The molecule has 0 unspecified atom stereocenters. The normalized spacial score (nSPS) is 14.8. The molecule has 0 N–H and O–H groups in total. The fraction of sp³-hybridized carbons (Fsp3) is 0.429. The number of carbonyl (C=O) groups excluding carboxylic acids is 2. The van der Waals surface area contributed by atoms with Gasteiger partial charge in [0, 0.05) is 11.1 Å². The molecule has 2 rings (SSSR count). The smallest absolute Gasteiger partial charge is 0.174 e.